The van der Waals surface area contributed by atoms with Gasteiger partial charge in [-0.25, -0.2) is 4.68 Å². The Bertz CT molecular complexity index is 596. The molecule has 0 amide bonds. The van der Waals surface area contributed by atoms with E-state index in [9.17, 15) is 4.79 Å². The first-order chi connectivity index (χ1) is 9.15. The molecule has 1 aromatic heterocycles. The van der Waals surface area contributed by atoms with Crippen LogP contribution in [0.25, 0.3) is 0 Å². The van der Waals surface area contributed by atoms with Gasteiger partial charge in [-0.15, -0.1) is 0 Å². The predicted molar refractivity (Wildman–Crippen MR) is 78.2 cm³/mol. The van der Waals surface area contributed by atoms with E-state index in [1.165, 1.54) is 5.56 Å². The van der Waals surface area contributed by atoms with Crippen LogP contribution in [0.4, 0.5) is 5.69 Å². The van der Waals surface area contributed by atoms with Crippen molar-refractivity contribution in [3.8, 4) is 0 Å². The van der Waals surface area contributed by atoms with Gasteiger partial charge in [0.25, 0.3) is 5.56 Å². The molecular weight excluding hydrogens is 238 g/mol. The Labute approximate surface area is 113 Å². The topological polar surface area (TPSA) is 53.0 Å². The van der Waals surface area contributed by atoms with Crippen LogP contribution in [0.3, 0.4) is 0 Å². The monoisotopic (exact) mass is 259 g/mol. The van der Waals surface area contributed by atoms with E-state index in [1.807, 2.05) is 36.9 Å². The van der Waals surface area contributed by atoms with Gasteiger partial charge >= 0.3 is 0 Å². The van der Waals surface area contributed by atoms with Crippen molar-refractivity contribution >= 4 is 5.69 Å². The Balaban J connectivity index is 2.06. The Hall–Kier alpha value is -1.97. The second kappa shape index (κ2) is 5.78. The maximum absolute atomic E-state index is 12.0. The molecule has 0 bridgehead atoms. The maximum atomic E-state index is 12.0. The molecule has 4 heteroatoms. The highest BCUT2D eigenvalue weighted by atomic mass is 16.1. The summed E-state index contributed by atoms with van der Waals surface area (Å²) in [4.78, 5) is 12.0. The van der Waals surface area contributed by atoms with Crippen LogP contribution in [-0.2, 0) is 26.4 Å². The van der Waals surface area contributed by atoms with Crippen LogP contribution in [-0.4, -0.2) is 9.36 Å². The number of anilines is 1. The molecule has 0 radical (unpaired) electrons. The number of aromatic nitrogens is 2. The number of rotatable bonds is 5. The van der Waals surface area contributed by atoms with Crippen molar-refractivity contribution < 1.29 is 0 Å². The molecule has 0 spiro atoms. The summed E-state index contributed by atoms with van der Waals surface area (Å²) in [6.45, 7) is 2.72. The minimum absolute atomic E-state index is 0.0626. The average molecular weight is 259 g/mol. The van der Waals surface area contributed by atoms with Crippen molar-refractivity contribution in [1.29, 1.82) is 0 Å². The van der Waals surface area contributed by atoms with Crippen LogP contribution in [0, 0.1) is 0 Å². The van der Waals surface area contributed by atoms with Gasteiger partial charge in [0.05, 0.1) is 5.69 Å². The summed E-state index contributed by atoms with van der Waals surface area (Å²) in [6, 6.07) is 10.3. The molecule has 2 rings (SSSR count). The van der Waals surface area contributed by atoms with Gasteiger partial charge in [-0.3, -0.25) is 9.48 Å². The van der Waals surface area contributed by atoms with Crippen molar-refractivity contribution in [1.82, 2.24) is 9.36 Å². The van der Waals surface area contributed by atoms with Gasteiger partial charge in [-0.05, 0) is 24.8 Å². The molecule has 0 aliphatic heterocycles. The summed E-state index contributed by atoms with van der Waals surface area (Å²) in [7, 11) is 1.90. The third-order valence-corrected chi connectivity index (χ3v) is 3.54. The SMILES string of the molecule is CCc1c(N)c(=O)n(CCCc2ccccc2)n1C. The van der Waals surface area contributed by atoms with Gasteiger partial charge in [-0.2, -0.15) is 0 Å². The Morgan fingerprint density at radius 3 is 2.47 bits per heavy atom. The molecular formula is C15H21N3O. The van der Waals surface area contributed by atoms with Gasteiger partial charge < -0.3 is 5.73 Å². The van der Waals surface area contributed by atoms with Crippen molar-refractivity contribution in [2.24, 2.45) is 7.05 Å². The van der Waals surface area contributed by atoms with Crippen molar-refractivity contribution in [3.05, 3.63) is 51.9 Å². The van der Waals surface area contributed by atoms with E-state index < -0.39 is 0 Å². The minimum atomic E-state index is -0.0626. The third-order valence-electron chi connectivity index (χ3n) is 3.54. The van der Waals surface area contributed by atoms with E-state index in [4.69, 9.17) is 5.73 Å². The summed E-state index contributed by atoms with van der Waals surface area (Å²) in [6.07, 6.45) is 2.69. The second-order valence-corrected chi connectivity index (χ2v) is 4.75. The molecule has 1 heterocycles. The lowest BCUT2D eigenvalue weighted by molar-refractivity contribution is 0.468. The highest BCUT2D eigenvalue weighted by molar-refractivity contribution is 5.41. The van der Waals surface area contributed by atoms with Gasteiger partial charge in [-0.1, -0.05) is 37.3 Å². The van der Waals surface area contributed by atoms with Crippen LogP contribution in [0.5, 0.6) is 0 Å². The lowest BCUT2D eigenvalue weighted by Crippen LogP contribution is -2.23. The fourth-order valence-electron chi connectivity index (χ4n) is 2.47. The molecule has 2 aromatic rings. The first-order valence-electron chi connectivity index (χ1n) is 6.73. The third kappa shape index (κ3) is 2.72. The summed E-state index contributed by atoms with van der Waals surface area (Å²) in [5, 5.41) is 0. The Kier molecular flexibility index (Phi) is 4.10. The van der Waals surface area contributed by atoms with E-state index in [1.54, 1.807) is 4.68 Å². The van der Waals surface area contributed by atoms with Gasteiger partial charge in [0, 0.05) is 13.6 Å². The molecule has 2 N–H and O–H groups in total. The minimum Gasteiger partial charge on any atom is -0.393 e. The molecule has 19 heavy (non-hydrogen) atoms. The number of nitrogens with zero attached hydrogens (tertiary/aromatic N) is 2. The quantitative estimate of drug-likeness (QED) is 0.892. The molecule has 102 valence electrons. The fraction of sp³-hybridized carbons (Fsp3) is 0.400. The van der Waals surface area contributed by atoms with Gasteiger partial charge in [0.15, 0.2) is 0 Å². The Morgan fingerprint density at radius 2 is 1.89 bits per heavy atom. The van der Waals surface area contributed by atoms with E-state index in [2.05, 4.69) is 12.1 Å². The number of nitrogen functional groups attached to an aromatic ring is 1. The van der Waals surface area contributed by atoms with E-state index in [0.29, 0.717) is 12.2 Å². The number of hydrogen-bond donors (Lipinski definition) is 1. The highest BCUT2D eigenvalue weighted by Crippen LogP contribution is 2.09. The normalized spacial score (nSPS) is 10.8. The largest absolute Gasteiger partial charge is 0.393 e. The number of nitrogens with two attached hydrogens (primary N) is 1. The number of aryl methyl sites for hydroxylation is 1. The molecule has 1 aromatic carbocycles. The van der Waals surface area contributed by atoms with Crippen LogP contribution in [0.2, 0.25) is 0 Å². The highest BCUT2D eigenvalue weighted by Gasteiger charge is 2.12. The molecule has 0 unspecified atom stereocenters. The van der Waals surface area contributed by atoms with Crippen molar-refractivity contribution in [3.63, 3.8) is 0 Å². The molecule has 0 atom stereocenters. The number of hydrogen-bond acceptors (Lipinski definition) is 2. The van der Waals surface area contributed by atoms with Crippen LogP contribution in [0.1, 0.15) is 24.6 Å². The lowest BCUT2D eigenvalue weighted by atomic mass is 10.1. The van der Waals surface area contributed by atoms with E-state index in [0.717, 1.165) is 25.0 Å². The maximum Gasteiger partial charge on any atom is 0.290 e. The molecule has 0 aliphatic rings. The van der Waals surface area contributed by atoms with Gasteiger partial charge in [0.2, 0.25) is 0 Å². The van der Waals surface area contributed by atoms with Crippen molar-refractivity contribution in [2.45, 2.75) is 32.7 Å². The number of benzene rings is 1. The zero-order valence-electron chi connectivity index (χ0n) is 11.6. The molecule has 4 nitrogen and oxygen atoms in total. The van der Waals surface area contributed by atoms with Gasteiger partial charge in [0.1, 0.15) is 5.69 Å². The summed E-state index contributed by atoms with van der Waals surface area (Å²) < 4.78 is 3.62. The van der Waals surface area contributed by atoms with E-state index >= 15 is 0 Å². The zero-order valence-corrected chi connectivity index (χ0v) is 11.6. The standard InChI is InChI=1S/C15H21N3O/c1-3-13-14(16)15(19)18(17(13)2)11-7-10-12-8-5-4-6-9-12/h4-6,8-9H,3,7,10-11,16H2,1-2H3. The Morgan fingerprint density at radius 1 is 1.21 bits per heavy atom. The summed E-state index contributed by atoms with van der Waals surface area (Å²) in [5.74, 6) is 0. The van der Waals surface area contributed by atoms with Crippen LogP contribution in [0.15, 0.2) is 35.1 Å². The summed E-state index contributed by atoms with van der Waals surface area (Å²) in [5.41, 5.74) is 8.39. The lowest BCUT2D eigenvalue weighted by Gasteiger charge is -2.09. The van der Waals surface area contributed by atoms with Crippen LogP contribution < -0.4 is 11.3 Å². The predicted octanol–water partition coefficient (Wildman–Crippen LogP) is 1.96. The van der Waals surface area contributed by atoms with Crippen molar-refractivity contribution in [2.75, 3.05) is 5.73 Å². The summed E-state index contributed by atoms with van der Waals surface area (Å²) >= 11 is 0. The molecule has 0 saturated heterocycles. The average Bonchev–Trinajstić information content (AvgIpc) is 2.63. The molecule has 0 fully saturated rings. The fourth-order valence-corrected chi connectivity index (χ4v) is 2.47. The zero-order chi connectivity index (χ0) is 13.8. The smallest absolute Gasteiger partial charge is 0.290 e. The molecule has 0 saturated carbocycles. The van der Waals surface area contributed by atoms with E-state index in [-0.39, 0.29) is 5.56 Å². The first kappa shape index (κ1) is 13.5. The van der Waals surface area contributed by atoms with Crippen LogP contribution >= 0.6 is 0 Å². The molecule has 0 aliphatic carbocycles. The first-order valence-corrected chi connectivity index (χ1v) is 6.73. The second-order valence-electron chi connectivity index (χ2n) is 4.75.